The van der Waals surface area contributed by atoms with E-state index in [4.69, 9.17) is 4.74 Å². The molecule has 0 aliphatic carbocycles. The van der Waals surface area contributed by atoms with Crippen molar-refractivity contribution >= 4 is 5.95 Å². The van der Waals surface area contributed by atoms with E-state index in [0.29, 0.717) is 6.54 Å². The second kappa shape index (κ2) is 7.31. The highest BCUT2D eigenvalue weighted by Gasteiger charge is 2.32. The summed E-state index contributed by atoms with van der Waals surface area (Å²) in [5.74, 6) is 1.61. The fraction of sp³-hybridized carbons (Fsp3) is 0.556. The van der Waals surface area contributed by atoms with Gasteiger partial charge in [-0.05, 0) is 25.2 Å². The van der Waals surface area contributed by atoms with Gasteiger partial charge in [0, 0.05) is 39.1 Å². The van der Waals surface area contributed by atoms with Gasteiger partial charge >= 0.3 is 0 Å². The van der Waals surface area contributed by atoms with Crippen LogP contribution in [0.1, 0.15) is 26.7 Å². The SMILES string of the molecule is C=C(C)Cn1c(-c2cnccn2)nnc1N1CCC(C)(COC)CC1. The highest BCUT2D eigenvalue weighted by atomic mass is 16.5. The Morgan fingerprint density at radius 2 is 2.04 bits per heavy atom. The molecule has 0 N–H and O–H groups in total. The van der Waals surface area contributed by atoms with Gasteiger partial charge in [0.1, 0.15) is 5.69 Å². The highest BCUT2D eigenvalue weighted by Crippen LogP contribution is 2.33. The van der Waals surface area contributed by atoms with Crippen molar-refractivity contribution in [2.75, 3.05) is 31.7 Å². The van der Waals surface area contributed by atoms with Crippen LogP contribution in [-0.4, -0.2) is 51.5 Å². The third-order valence-corrected chi connectivity index (χ3v) is 4.70. The molecular formula is C18H26N6O. The summed E-state index contributed by atoms with van der Waals surface area (Å²) in [4.78, 5) is 10.8. The van der Waals surface area contributed by atoms with E-state index in [1.165, 1.54) is 0 Å². The molecular weight excluding hydrogens is 316 g/mol. The van der Waals surface area contributed by atoms with E-state index >= 15 is 0 Å². The van der Waals surface area contributed by atoms with Gasteiger partial charge in [-0.25, -0.2) is 4.98 Å². The Kier molecular flexibility index (Phi) is 5.13. The second-order valence-electron chi connectivity index (χ2n) is 7.19. The molecule has 1 aliphatic heterocycles. The first-order chi connectivity index (χ1) is 12.0. The van der Waals surface area contributed by atoms with Crippen LogP contribution in [0, 0.1) is 5.41 Å². The summed E-state index contributed by atoms with van der Waals surface area (Å²) in [7, 11) is 1.77. The zero-order valence-electron chi connectivity index (χ0n) is 15.3. The quantitative estimate of drug-likeness (QED) is 0.752. The van der Waals surface area contributed by atoms with E-state index in [1.807, 2.05) is 6.92 Å². The van der Waals surface area contributed by atoms with Crippen LogP contribution < -0.4 is 4.90 Å². The molecule has 25 heavy (non-hydrogen) atoms. The van der Waals surface area contributed by atoms with Gasteiger partial charge in [0.2, 0.25) is 5.95 Å². The van der Waals surface area contributed by atoms with Crippen LogP contribution in [-0.2, 0) is 11.3 Å². The van der Waals surface area contributed by atoms with Crippen LogP contribution in [0.2, 0.25) is 0 Å². The van der Waals surface area contributed by atoms with Gasteiger partial charge in [0.05, 0.1) is 12.8 Å². The molecule has 3 rings (SSSR count). The Hall–Kier alpha value is -2.28. The lowest BCUT2D eigenvalue weighted by atomic mass is 9.81. The van der Waals surface area contributed by atoms with Crippen LogP contribution in [0.15, 0.2) is 30.7 Å². The molecule has 7 heteroatoms. The summed E-state index contributed by atoms with van der Waals surface area (Å²) >= 11 is 0. The van der Waals surface area contributed by atoms with E-state index < -0.39 is 0 Å². The topological polar surface area (TPSA) is 69.0 Å². The zero-order chi connectivity index (χ0) is 17.9. The number of methoxy groups -OCH3 is 1. The van der Waals surface area contributed by atoms with Crippen molar-refractivity contribution in [3.63, 3.8) is 0 Å². The van der Waals surface area contributed by atoms with Gasteiger partial charge < -0.3 is 9.64 Å². The lowest BCUT2D eigenvalue weighted by Crippen LogP contribution is -2.42. The molecule has 0 bridgehead atoms. The number of rotatable bonds is 6. The van der Waals surface area contributed by atoms with E-state index in [9.17, 15) is 0 Å². The third-order valence-electron chi connectivity index (χ3n) is 4.70. The number of nitrogens with zero attached hydrogens (tertiary/aromatic N) is 6. The van der Waals surface area contributed by atoms with Crippen molar-refractivity contribution in [3.8, 4) is 11.5 Å². The van der Waals surface area contributed by atoms with Crippen LogP contribution >= 0.6 is 0 Å². The van der Waals surface area contributed by atoms with Crippen LogP contribution in [0.3, 0.4) is 0 Å². The Morgan fingerprint density at radius 3 is 2.64 bits per heavy atom. The summed E-state index contributed by atoms with van der Waals surface area (Å²) < 4.78 is 7.47. The van der Waals surface area contributed by atoms with Gasteiger partial charge in [0.25, 0.3) is 0 Å². The molecule has 1 fully saturated rings. The molecule has 3 heterocycles. The summed E-state index contributed by atoms with van der Waals surface area (Å²) in [6.45, 7) is 11.7. The molecule has 134 valence electrons. The Labute approximate surface area is 148 Å². The molecule has 0 amide bonds. The minimum absolute atomic E-state index is 0.234. The molecule has 0 unspecified atom stereocenters. The number of anilines is 1. The van der Waals surface area contributed by atoms with Crippen molar-refractivity contribution in [1.82, 2.24) is 24.7 Å². The molecule has 7 nitrogen and oxygen atoms in total. The monoisotopic (exact) mass is 342 g/mol. The van der Waals surface area contributed by atoms with Crippen LogP contribution in [0.4, 0.5) is 5.95 Å². The highest BCUT2D eigenvalue weighted by molar-refractivity contribution is 5.52. The molecule has 0 spiro atoms. The first-order valence-electron chi connectivity index (χ1n) is 8.60. The minimum atomic E-state index is 0.234. The summed E-state index contributed by atoms with van der Waals surface area (Å²) in [6.07, 6.45) is 7.19. The van der Waals surface area contributed by atoms with Crippen molar-refractivity contribution in [3.05, 3.63) is 30.7 Å². The standard InChI is InChI=1S/C18H26N6O/c1-14(2)12-24-16(15-11-19-7-8-20-15)21-22-17(24)23-9-5-18(3,6-10-23)13-25-4/h7-8,11H,1,5-6,9-10,12-13H2,2-4H3. The number of ether oxygens (including phenoxy) is 1. The average molecular weight is 342 g/mol. The van der Waals surface area contributed by atoms with Crippen molar-refractivity contribution in [2.24, 2.45) is 5.41 Å². The molecule has 0 aromatic carbocycles. The van der Waals surface area contributed by atoms with Gasteiger partial charge in [-0.15, -0.1) is 10.2 Å². The van der Waals surface area contributed by atoms with E-state index in [1.54, 1.807) is 25.7 Å². The van der Waals surface area contributed by atoms with Gasteiger partial charge in [-0.3, -0.25) is 9.55 Å². The molecule has 1 aliphatic rings. The van der Waals surface area contributed by atoms with Crippen LogP contribution in [0.5, 0.6) is 0 Å². The van der Waals surface area contributed by atoms with Crippen molar-refractivity contribution in [1.29, 1.82) is 0 Å². The largest absolute Gasteiger partial charge is 0.384 e. The molecule has 0 saturated carbocycles. The lowest BCUT2D eigenvalue weighted by Gasteiger charge is -2.39. The van der Waals surface area contributed by atoms with E-state index in [2.05, 4.69) is 43.1 Å². The smallest absolute Gasteiger partial charge is 0.227 e. The first-order valence-corrected chi connectivity index (χ1v) is 8.60. The molecule has 2 aromatic heterocycles. The second-order valence-corrected chi connectivity index (χ2v) is 7.19. The number of allylic oxidation sites excluding steroid dienone is 1. The summed E-state index contributed by atoms with van der Waals surface area (Å²) in [6, 6.07) is 0. The Morgan fingerprint density at radius 1 is 1.28 bits per heavy atom. The molecule has 0 radical (unpaired) electrons. The van der Waals surface area contributed by atoms with Crippen molar-refractivity contribution in [2.45, 2.75) is 33.2 Å². The minimum Gasteiger partial charge on any atom is -0.384 e. The lowest BCUT2D eigenvalue weighted by molar-refractivity contribution is 0.0728. The summed E-state index contributed by atoms with van der Waals surface area (Å²) in [5.41, 5.74) is 2.01. The molecule has 1 saturated heterocycles. The number of hydrogen-bond acceptors (Lipinski definition) is 6. The first kappa shape index (κ1) is 17.5. The van der Waals surface area contributed by atoms with E-state index in [0.717, 1.165) is 55.6 Å². The molecule has 0 atom stereocenters. The normalized spacial score (nSPS) is 16.8. The Balaban J connectivity index is 1.87. The maximum absolute atomic E-state index is 5.39. The zero-order valence-corrected chi connectivity index (χ0v) is 15.3. The van der Waals surface area contributed by atoms with Crippen LogP contribution in [0.25, 0.3) is 11.5 Å². The third kappa shape index (κ3) is 3.87. The van der Waals surface area contributed by atoms with Crippen molar-refractivity contribution < 1.29 is 4.74 Å². The number of aromatic nitrogens is 5. The maximum Gasteiger partial charge on any atom is 0.227 e. The number of piperidine rings is 1. The van der Waals surface area contributed by atoms with Gasteiger partial charge in [0.15, 0.2) is 5.82 Å². The average Bonchev–Trinajstić information content (AvgIpc) is 2.99. The number of hydrogen-bond donors (Lipinski definition) is 0. The fourth-order valence-corrected chi connectivity index (χ4v) is 3.29. The van der Waals surface area contributed by atoms with Gasteiger partial charge in [-0.1, -0.05) is 19.1 Å². The molecule has 2 aromatic rings. The Bertz CT molecular complexity index is 718. The van der Waals surface area contributed by atoms with Gasteiger partial charge in [-0.2, -0.15) is 0 Å². The fourth-order valence-electron chi connectivity index (χ4n) is 3.29. The predicted molar refractivity (Wildman–Crippen MR) is 97.3 cm³/mol. The predicted octanol–water partition coefficient (Wildman–Crippen LogP) is 2.56. The van der Waals surface area contributed by atoms with E-state index in [-0.39, 0.29) is 5.41 Å². The maximum atomic E-state index is 5.39. The summed E-state index contributed by atoms with van der Waals surface area (Å²) in [5, 5.41) is 8.85.